The molecular weight excluding hydrogens is 312 g/mol. The maximum atomic E-state index is 12.8. The van der Waals surface area contributed by atoms with E-state index in [1.165, 1.54) is 17.6 Å². The fourth-order valence-electron chi connectivity index (χ4n) is 2.58. The lowest BCUT2D eigenvalue weighted by atomic mass is 10.2. The highest BCUT2D eigenvalue weighted by Gasteiger charge is 2.24. The van der Waals surface area contributed by atoms with Gasteiger partial charge in [0.2, 0.25) is 11.5 Å². The summed E-state index contributed by atoms with van der Waals surface area (Å²) in [4.78, 5) is 29.3. The van der Waals surface area contributed by atoms with E-state index in [1.807, 2.05) is 0 Å². The zero-order valence-corrected chi connectivity index (χ0v) is 13.4. The zero-order chi connectivity index (χ0) is 17.3. The van der Waals surface area contributed by atoms with Crippen LogP contribution in [-0.2, 0) is 16.0 Å². The van der Waals surface area contributed by atoms with Gasteiger partial charge in [-0.15, -0.1) is 0 Å². The smallest absolute Gasteiger partial charge is 0.344 e. The molecule has 8 heteroatoms. The van der Waals surface area contributed by atoms with Crippen LogP contribution in [0, 0.1) is 0 Å². The second-order valence-electron chi connectivity index (χ2n) is 5.16. The van der Waals surface area contributed by atoms with E-state index in [0.717, 1.165) is 0 Å². The summed E-state index contributed by atoms with van der Waals surface area (Å²) in [6.45, 7) is 0.698. The van der Waals surface area contributed by atoms with E-state index in [1.54, 1.807) is 36.1 Å². The van der Waals surface area contributed by atoms with Crippen molar-refractivity contribution in [1.29, 1.82) is 0 Å². The third-order valence-electron chi connectivity index (χ3n) is 3.78. The number of rotatable bonds is 4. The average Bonchev–Trinajstić information content (AvgIpc) is 2.60. The predicted octanol–water partition coefficient (Wildman–Crippen LogP) is 0.150. The second-order valence-corrected chi connectivity index (χ2v) is 5.16. The Morgan fingerprint density at radius 1 is 1.38 bits per heavy atom. The van der Waals surface area contributed by atoms with Gasteiger partial charge in [0.15, 0.2) is 0 Å². The van der Waals surface area contributed by atoms with Gasteiger partial charge in [0.05, 0.1) is 20.3 Å². The van der Waals surface area contributed by atoms with Crippen LogP contribution in [0.3, 0.4) is 0 Å². The van der Waals surface area contributed by atoms with E-state index in [4.69, 9.17) is 15.2 Å². The summed E-state index contributed by atoms with van der Waals surface area (Å²) in [5.41, 5.74) is 6.84. The van der Waals surface area contributed by atoms with Gasteiger partial charge < -0.3 is 15.2 Å². The Hall–Kier alpha value is -3.00. The van der Waals surface area contributed by atoms with Crippen LogP contribution in [0.5, 0.6) is 0 Å². The summed E-state index contributed by atoms with van der Waals surface area (Å²) in [7, 11) is 2.82. The average molecular weight is 329 g/mol. The summed E-state index contributed by atoms with van der Waals surface area (Å²) in [5, 5.41) is 0.282. The molecule has 0 saturated heterocycles. The van der Waals surface area contributed by atoms with Crippen LogP contribution in [-0.4, -0.2) is 36.2 Å². The fraction of sp³-hybridized carbons (Fsp3) is 0.250. The molecule has 3 heterocycles. The number of anilines is 1. The number of esters is 1. The van der Waals surface area contributed by atoms with Crippen LogP contribution in [0.25, 0.3) is 16.7 Å². The van der Waals surface area contributed by atoms with Crippen LogP contribution in [0.1, 0.15) is 10.4 Å². The normalized spacial score (nSPS) is 11.1. The number of nitrogens with two attached hydrogens (primary N) is 1. The van der Waals surface area contributed by atoms with Crippen LogP contribution < -0.4 is 15.9 Å². The molecule has 0 atom stereocenters. The summed E-state index contributed by atoms with van der Waals surface area (Å²) >= 11 is 0. The summed E-state index contributed by atoms with van der Waals surface area (Å²) < 4.78 is 12.9. The maximum absolute atomic E-state index is 12.8. The number of nitrogens with zero attached hydrogens (tertiary/aromatic N) is 3. The molecule has 0 fully saturated rings. The fourth-order valence-corrected chi connectivity index (χ4v) is 2.58. The van der Waals surface area contributed by atoms with Gasteiger partial charge in [-0.3, -0.25) is 9.20 Å². The van der Waals surface area contributed by atoms with E-state index < -0.39 is 5.97 Å². The largest absolute Gasteiger partial charge is 0.465 e. The Morgan fingerprint density at radius 3 is 2.88 bits per heavy atom. The molecule has 0 bridgehead atoms. The number of hydrogen-bond donors (Lipinski definition) is 1. The SMILES string of the molecule is COCC[n+]1c(N)c(C(=O)OC)cc2c(=O)n3ccccc3nc21. The molecule has 0 saturated carbocycles. The Balaban J connectivity index is 2.44. The second kappa shape index (κ2) is 6.25. The minimum Gasteiger partial charge on any atom is -0.465 e. The van der Waals surface area contributed by atoms with Gasteiger partial charge in [-0.25, -0.2) is 9.36 Å². The highest BCUT2D eigenvalue weighted by molar-refractivity contribution is 5.96. The number of ether oxygens (including phenoxy) is 2. The Morgan fingerprint density at radius 2 is 2.17 bits per heavy atom. The van der Waals surface area contributed by atoms with E-state index >= 15 is 0 Å². The molecule has 0 amide bonds. The molecule has 0 aliphatic rings. The monoisotopic (exact) mass is 329 g/mol. The first-order chi connectivity index (χ1) is 11.6. The Kier molecular flexibility index (Phi) is 4.13. The molecule has 0 aromatic carbocycles. The van der Waals surface area contributed by atoms with Crippen molar-refractivity contribution in [2.24, 2.45) is 0 Å². The highest BCUT2D eigenvalue weighted by atomic mass is 16.5. The highest BCUT2D eigenvalue weighted by Crippen LogP contribution is 2.15. The van der Waals surface area contributed by atoms with Crippen LogP contribution in [0.2, 0.25) is 0 Å². The molecular formula is C16H17N4O4+. The number of hydrogen-bond acceptors (Lipinski definition) is 6. The van der Waals surface area contributed by atoms with Crippen molar-refractivity contribution in [2.75, 3.05) is 26.6 Å². The molecule has 0 spiro atoms. The molecule has 0 unspecified atom stereocenters. The molecule has 2 N–H and O–H groups in total. The quantitative estimate of drug-likeness (QED) is 0.415. The standard InChI is InChI=1S/C16H16N4O4/c1-23-8-7-20-13(17)10(16(22)24-2)9-11-14(20)18-12-5-3-4-6-19(12)15(11)21/h3-6,9,17H,7-8H2,1-2H3/p+1. The van der Waals surface area contributed by atoms with Gasteiger partial charge in [0, 0.05) is 13.3 Å². The number of fused-ring (bicyclic) bond motifs is 2. The molecule has 3 aromatic heterocycles. The van der Waals surface area contributed by atoms with Gasteiger partial charge in [0.25, 0.3) is 11.2 Å². The molecule has 3 aromatic rings. The number of methoxy groups -OCH3 is 2. The van der Waals surface area contributed by atoms with E-state index in [2.05, 4.69) is 4.98 Å². The summed E-state index contributed by atoms with van der Waals surface area (Å²) in [5.74, 6) is -0.434. The molecule has 0 radical (unpaired) electrons. The molecule has 3 rings (SSSR count). The molecule has 0 aliphatic heterocycles. The summed E-state index contributed by atoms with van der Waals surface area (Å²) in [6, 6.07) is 6.68. The van der Waals surface area contributed by atoms with Gasteiger partial charge in [-0.2, -0.15) is 0 Å². The van der Waals surface area contributed by atoms with Crippen LogP contribution in [0.4, 0.5) is 5.82 Å². The van der Waals surface area contributed by atoms with Gasteiger partial charge in [-0.1, -0.05) is 11.1 Å². The number of pyridine rings is 2. The molecule has 24 heavy (non-hydrogen) atoms. The van der Waals surface area contributed by atoms with Crippen LogP contribution in [0.15, 0.2) is 35.3 Å². The lowest BCUT2D eigenvalue weighted by molar-refractivity contribution is -0.660. The summed E-state index contributed by atoms with van der Waals surface area (Å²) in [6.07, 6.45) is 1.62. The predicted molar refractivity (Wildman–Crippen MR) is 86.8 cm³/mol. The molecule has 8 nitrogen and oxygen atoms in total. The first kappa shape index (κ1) is 15.9. The lowest BCUT2D eigenvalue weighted by Crippen LogP contribution is -2.43. The van der Waals surface area contributed by atoms with Crippen molar-refractivity contribution in [2.45, 2.75) is 6.54 Å². The Bertz CT molecular complexity index is 997. The van der Waals surface area contributed by atoms with Crippen molar-refractivity contribution < 1.29 is 18.8 Å². The van der Waals surface area contributed by atoms with Gasteiger partial charge >= 0.3 is 5.97 Å². The topological polar surface area (TPSA) is 99.8 Å². The van der Waals surface area contributed by atoms with E-state index in [0.29, 0.717) is 24.4 Å². The number of nitrogen functional groups attached to an aromatic ring is 1. The van der Waals surface area contributed by atoms with Crippen molar-refractivity contribution >= 4 is 28.5 Å². The number of carbonyl (C=O) groups is 1. The zero-order valence-electron chi connectivity index (χ0n) is 13.4. The van der Waals surface area contributed by atoms with Gasteiger partial charge in [-0.05, 0) is 18.2 Å². The minimum absolute atomic E-state index is 0.121. The van der Waals surface area contributed by atoms with Crippen molar-refractivity contribution in [3.05, 3.63) is 46.4 Å². The molecule has 124 valence electrons. The van der Waals surface area contributed by atoms with Gasteiger partial charge in [0.1, 0.15) is 10.9 Å². The van der Waals surface area contributed by atoms with Crippen molar-refractivity contribution in [1.82, 2.24) is 9.38 Å². The van der Waals surface area contributed by atoms with E-state index in [-0.39, 0.29) is 22.3 Å². The minimum atomic E-state index is -0.613. The number of aromatic nitrogens is 3. The van der Waals surface area contributed by atoms with Crippen LogP contribution >= 0.6 is 0 Å². The van der Waals surface area contributed by atoms with E-state index in [9.17, 15) is 9.59 Å². The first-order valence-corrected chi connectivity index (χ1v) is 7.29. The third-order valence-corrected chi connectivity index (χ3v) is 3.78. The number of carbonyl (C=O) groups excluding carboxylic acids is 1. The third kappa shape index (κ3) is 2.46. The Labute approximate surface area is 137 Å². The maximum Gasteiger partial charge on any atom is 0.344 e. The van der Waals surface area contributed by atoms with Crippen molar-refractivity contribution in [3.8, 4) is 0 Å². The van der Waals surface area contributed by atoms with Crippen molar-refractivity contribution in [3.63, 3.8) is 0 Å². The first-order valence-electron chi connectivity index (χ1n) is 7.29. The molecule has 0 aliphatic carbocycles. The lowest BCUT2D eigenvalue weighted by Gasteiger charge is -2.10.